The van der Waals surface area contributed by atoms with Crippen molar-refractivity contribution < 1.29 is 9.53 Å². The van der Waals surface area contributed by atoms with Crippen molar-refractivity contribution in [2.24, 2.45) is 5.92 Å². The number of benzene rings is 1. The van der Waals surface area contributed by atoms with Crippen LogP contribution in [0.15, 0.2) is 24.3 Å². The van der Waals surface area contributed by atoms with E-state index in [1.54, 1.807) is 17.7 Å². The molecular weight excluding hydrogens is 304 g/mol. The van der Waals surface area contributed by atoms with Crippen LogP contribution in [0.25, 0.3) is 5.69 Å². The summed E-state index contributed by atoms with van der Waals surface area (Å²) in [6.45, 7) is 3.86. The van der Waals surface area contributed by atoms with Crippen LogP contribution in [-0.4, -0.2) is 40.7 Å². The molecule has 0 radical (unpaired) electrons. The third-order valence-corrected chi connectivity index (χ3v) is 4.09. The normalized spacial score (nSPS) is 17.6. The standard InChI is InChI=1S/C15H17ClN4O2/c1-10-14(15(21)17-8-11-6-7-22-9-11)18-19-20(10)13-5-3-2-4-12(13)16/h2-5,11H,6-9H2,1H3,(H,17,21). The minimum atomic E-state index is -0.220. The van der Waals surface area contributed by atoms with Gasteiger partial charge in [0, 0.05) is 19.1 Å². The van der Waals surface area contributed by atoms with E-state index in [9.17, 15) is 4.79 Å². The van der Waals surface area contributed by atoms with Crippen molar-refractivity contribution in [1.82, 2.24) is 20.3 Å². The molecule has 3 rings (SSSR count). The van der Waals surface area contributed by atoms with Gasteiger partial charge in [-0.05, 0) is 25.5 Å². The fourth-order valence-electron chi connectivity index (χ4n) is 2.46. The molecule has 1 atom stereocenters. The Bertz CT molecular complexity index is 680. The molecule has 0 spiro atoms. The third-order valence-electron chi connectivity index (χ3n) is 3.77. The van der Waals surface area contributed by atoms with Crippen LogP contribution in [0.1, 0.15) is 22.6 Å². The van der Waals surface area contributed by atoms with Gasteiger partial charge in [0.15, 0.2) is 5.69 Å². The predicted molar refractivity (Wildman–Crippen MR) is 82.4 cm³/mol. The lowest BCUT2D eigenvalue weighted by molar-refractivity contribution is 0.0939. The Balaban J connectivity index is 1.75. The summed E-state index contributed by atoms with van der Waals surface area (Å²) >= 11 is 6.16. The number of carbonyl (C=O) groups excluding carboxylic acids is 1. The number of para-hydroxylation sites is 1. The van der Waals surface area contributed by atoms with E-state index in [0.29, 0.717) is 41.2 Å². The van der Waals surface area contributed by atoms with Gasteiger partial charge in [0.25, 0.3) is 5.91 Å². The third kappa shape index (κ3) is 2.98. The number of rotatable bonds is 4. The van der Waals surface area contributed by atoms with E-state index in [0.717, 1.165) is 13.0 Å². The fraction of sp³-hybridized carbons (Fsp3) is 0.400. The smallest absolute Gasteiger partial charge is 0.273 e. The first-order chi connectivity index (χ1) is 10.7. The first kappa shape index (κ1) is 15.0. The molecule has 1 amide bonds. The number of amides is 1. The number of carbonyl (C=O) groups is 1. The fourth-order valence-corrected chi connectivity index (χ4v) is 2.67. The van der Waals surface area contributed by atoms with Crippen molar-refractivity contribution in [2.45, 2.75) is 13.3 Å². The average Bonchev–Trinajstić information content (AvgIpc) is 3.15. The van der Waals surface area contributed by atoms with Crippen LogP contribution in [0.3, 0.4) is 0 Å². The second-order valence-corrected chi connectivity index (χ2v) is 5.73. The summed E-state index contributed by atoms with van der Waals surface area (Å²) in [6, 6.07) is 7.32. The molecule has 0 saturated carbocycles. The first-order valence-corrected chi connectivity index (χ1v) is 7.57. The molecule has 1 aromatic heterocycles. The zero-order valence-electron chi connectivity index (χ0n) is 12.3. The highest BCUT2D eigenvalue weighted by Crippen LogP contribution is 2.21. The van der Waals surface area contributed by atoms with Gasteiger partial charge in [0.2, 0.25) is 0 Å². The van der Waals surface area contributed by atoms with Gasteiger partial charge in [-0.15, -0.1) is 5.10 Å². The van der Waals surface area contributed by atoms with Crippen LogP contribution in [0.5, 0.6) is 0 Å². The highest BCUT2D eigenvalue weighted by Gasteiger charge is 2.21. The largest absolute Gasteiger partial charge is 0.381 e. The van der Waals surface area contributed by atoms with E-state index >= 15 is 0 Å². The molecular formula is C15H17ClN4O2. The zero-order valence-corrected chi connectivity index (χ0v) is 13.0. The van der Waals surface area contributed by atoms with Crippen molar-refractivity contribution in [3.8, 4) is 5.69 Å². The number of hydrogen-bond donors (Lipinski definition) is 1. The van der Waals surface area contributed by atoms with Gasteiger partial charge in [-0.2, -0.15) is 0 Å². The maximum atomic E-state index is 12.3. The summed E-state index contributed by atoms with van der Waals surface area (Å²) in [4.78, 5) is 12.3. The van der Waals surface area contributed by atoms with Gasteiger partial charge >= 0.3 is 0 Å². The second-order valence-electron chi connectivity index (χ2n) is 5.33. The maximum Gasteiger partial charge on any atom is 0.273 e. The van der Waals surface area contributed by atoms with Crippen LogP contribution >= 0.6 is 11.6 Å². The molecule has 22 heavy (non-hydrogen) atoms. The molecule has 1 N–H and O–H groups in total. The second kappa shape index (κ2) is 6.46. The van der Waals surface area contributed by atoms with Crippen molar-refractivity contribution in [3.05, 3.63) is 40.7 Å². The number of aromatic nitrogens is 3. The molecule has 1 aliphatic rings. The number of ether oxygens (including phenoxy) is 1. The molecule has 116 valence electrons. The minimum Gasteiger partial charge on any atom is -0.381 e. The quantitative estimate of drug-likeness (QED) is 0.935. The highest BCUT2D eigenvalue weighted by molar-refractivity contribution is 6.32. The van der Waals surface area contributed by atoms with Crippen molar-refractivity contribution in [2.75, 3.05) is 19.8 Å². The van der Waals surface area contributed by atoms with Crippen LogP contribution in [0.2, 0.25) is 5.02 Å². The Morgan fingerprint density at radius 2 is 2.32 bits per heavy atom. The molecule has 7 heteroatoms. The molecule has 0 aliphatic carbocycles. The summed E-state index contributed by atoms with van der Waals surface area (Å²) in [7, 11) is 0. The van der Waals surface area contributed by atoms with E-state index in [1.165, 1.54) is 0 Å². The molecule has 1 saturated heterocycles. The Kier molecular flexibility index (Phi) is 4.40. The highest BCUT2D eigenvalue weighted by atomic mass is 35.5. The Labute approximate surface area is 133 Å². The van der Waals surface area contributed by atoms with Gasteiger partial charge in [-0.3, -0.25) is 4.79 Å². The van der Waals surface area contributed by atoms with Crippen LogP contribution in [0, 0.1) is 12.8 Å². The van der Waals surface area contributed by atoms with Crippen molar-refractivity contribution >= 4 is 17.5 Å². The number of nitrogens with one attached hydrogen (secondary N) is 1. The lowest BCUT2D eigenvalue weighted by Crippen LogP contribution is -2.30. The van der Waals surface area contributed by atoms with Crippen LogP contribution in [-0.2, 0) is 4.74 Å². The number of halogens is 1. The topological polar surface area (TPSA) is 69.0 Å². The van der Waals surface area contributed by atoms with E-state index < -0.39 is 0 Å². The first-order valence-electron chi connectivity index (χ1n) is 7.20. The van der Waals surface area contributed by atoms with Crippen molar-refractivity contribution in [3.63, 3.8) is 0 Å². The van der Waals surface area contributed by atoms with Gasteiger partial charge in [-0.25, -0.2) is 4.68 Å². The Morgan fingerprint density at radius 1 is 1.50 bits per heavy atom. The molecule has 1 unspecified atom stereocenters. The van der Waals surface area contributed by atoms with E-state index in [2.05, 4.69) is 15.6 Å². The van der Waals surface area contributed by atoms with Gasteiger partial charge in [-0.1, -0.05) is 28.9 Å². The van der Waals surface area contributed by atoms with Gasteiger partial charge in [0.05, 0.1) is 23.0 Å². The number of nitrogens with zero attached hydrogens (tertiary/aromatic N) is 3. The van der Waals surface area contributed by atoms with E-state index in [4.69, 9.17) is 16.3 Å². The van der Waals surface area contributed by atoms with Gasteiger partial charge in [0.1, 0.15) is 0 Å². The molecule has 1 aliphatic heterocycles. The molecule has 1 aromatic carbocycles. The summed E-state index contributed by atoms with van der Waals surface area (Å²) < 4.78 is 6.88. The zero-order chi connectivity index (χ0) is 15.5. The summed E-state index contributed by atoms with van der Waals surface area (Å²) in [5.74, 6) is 0.158. The Morgan fingerprint density at radius 3 is 3.05 bits per heavy atom. The SMILES string of the molecule is Cc1c(C(=O)NCC2CCOC2)nnn1-c1ccccc1Cl. The molecule has 1 fully saturated rings. The van der Waals surface area contributed by atoms with Crippen LogP contribution in [0.4, 0.5) is 0 Å². The van der Waals surface area contributed by atoms with Crippen molar-refractivity contribution in [1.29, 1.82) is 0 Å². The monoisotopic (exact) mass is 320 g/mol. The summed E-state index contributed by atoms with van der Waals surface area (Å²) in [5.41, 5.74) is 1.68. The van der Waals surface area contributed by atoms with Crippen LogP contribution < -0.4 is 5.32 Å². The summed E-state index contributed by atoms with van der Waals surface area (Å²) in [5, 5.41) is 11.5. The summed E-state index contributed by atoms with van der Waals surface area (Å²) in [6.07, 6.45) is 0.978. The molecule has 2 heterocycles. The van der Waals surface area contributed by atoms with E-state index in [1.807, 2.05) is 18.2 Å². The lowest BCUT2D eigenvalue weighted by atomic mass is 10.1. The molecule has 0 bridgehead atoms. The lowest BCUT2D eigenvalue weighted by Gasteiger charge is -2.09. The maximum absolute atomic E-state index is 12.3. The minimum absolute atomic E-state index is 0.220. The predicted octanol–water partition coefficient (Wildman–Crippen LogP) is 2.00. The molecule has 2 aromatic rings. The number of hydrogen-bond acceptors (Lipinski definition) is 4. The molecule has 6 nitrogen and oxygen atoms in total. The Hall–Kier alpha value is -1.92. The average molecular weight is 321 g/mol. The van der Waals surface area contributed by atoms with E-state index in [-0.39, 0.29) is 5.91 Å². The van der Waals surface area contributed by atoms with Gasteiger partial charge < -0.3 is 10.1 Å².